The summed E-state index contributed by atoms with van der Waals surface area (Å²) >= 11 is 0. The van der Waals surface area contributed by atoms with Crippen LogP contribution in [0.5, 0.6) is 0 Å². The molecule has 0 spiro atoms. The first-order chi connectivity index (χ1) is 11.4. The second kappa shape index (κ2) is 5.57. The molecule has 3 aliphatic rings. The normalized spacial score (nSPS) is 42.2. The number of hydrogen-bond donors (Lipinski definition) is 2. The van der Waals surface area contributed by atoms with Gasteiger partial charge in [0.15, 0.2) is 0 Å². The van der Waals surface area contributed by atoms with Crippen molar-refractivity contribution < 1.29 is 19.4 Å². The summed E-state index contributed by atoms with van der Waals surface area (Å²) in [5.41, 5.74) is 2.12. The minimum absolute atomic E-state index is 0.0224. The molecule has 1 heterocycles. The van der Waals surface area contributed by atoms with Crippen LogP contribution in [0.3, 0.4) is 0 Å². The van der Waals surface area contributed by atoms with E-state index in [0.29, 0.717) is 18.6 Å². The molecule has 0 unspecified atom stereocenters. The first-order valence-corrected chi connectivity index (χ1v) is 9.05. The molecule has 2 N–H and O–H groups in total. The van der Waals surface area contributed by atoms with Gasteiger partial charge in [-0.2, -0.15) is 0 Å². The Morgan fingerprint density at radius 1 is 1.25 bits per heavy atom. The van der Waals surface area contributed by atoms with Crippen LogP contribution in [-0.2, 0) is 4.79 Å². The smallest absolute Gasteiger partial charge is 0.144 e. The number of ketones is 1. The number of aryl methyl sites for hydroxylation is 1. The molecule has 0 radical (unpaired) electrons. The lowest BCUT2D eigenvalue weighted by atomic mass is 9.51. The molecular formula is C20H26O4. The Hall–Kier alpha value is -1.39. The Labute approximate surface area is 142 Å². The Balaban J connectivity index is 1.65. The second-order valence-corrected chi connectivity index (χ2v) is 8.10. The van der Waals surface area contributed by atoms with E-state index in [4.69, 9.17) is 4.42 Å². The molecule has 2 fully saturated rings. The minimum atomic E-state index is -0.685. The molecule has 6 atom stereocenters. The molecular weight excluding hydrogens is 304 g/mol. The number of fused-ring (bicyclic) bond motifs is 3. The fraction of sp³-hybridized carbons (Fsp3) is 0.650. The van der Waals surface area contributed by atoms with Gasteiger partial charge < -0.3 is 14.6 Å². The molecule has 0 saturated heterocycles. The van der Waals surface area contributed by atoms with Crippen LogP contribution in [0.25, 0.3) is 0 Å². The molecule has 0 aromatic carbocycles. The minimum Gasteiger partial charge on any atom is -0.469 e. The van der Waals surface area contributed by atoms with Crippen LogP contribution in [0.2, 0.25) is 0 Å². The summed E-state index contributed by atoms with van der Waals surface area (Å²) in [6.07, 6.45) is 6.19. The maximum Gasteiger partial charge on any atom is 0.144 e. The Morgan fingerprint density at radius 3 is 2.75 bits per heavy atom. The van der Waals surface area contributed by atoms with E-state index in [1.807, 2.05) is 13.0 Å². The summed E-state index contributed by atoms with van der Waals surface area (Å²) in [6.45, 7) is 4.11. The predicted molar refractivity (Wildman–Crippen MR) is 89.5 cm³/mol. The lowest BCUT2D eigenvalue weighted by molar-refractivity contribution is -0.133. The third-order valence-corrected chi connectivity index (χ3v) is 6.91. The van der Waals surface area contributed by atoms with Crippen molar-refractivity contribution in [1.29, 1.82) is 0 Å². The lowest BCUT2D eigenvalue weighted by Gasteiger charge is -2.53. The van der Waals surface area contributed by atoms with Gasteiger partial charge in [0.2, 0.25) is 0 Å². The number of carbonyl (C=O) groups is 1. The number of Topliss-reactive ketones (excluding diaryl/α,β-unsaturated/α-hetero) is 1. The van der Waals surface area contributed by atoms with Crippen molar-refractivity contribution in [2.75, 3.05) is 0 Å². The average Bonchev–Trinajstić information content (AvgIpc) is 2.95. The molecule has 1 aromatic rings. The topological polar surface area (TPSA) is 70.7 Å². The SMILES string of the molecule is Cc1occc1[C@H]1CC[C@H]2[C@@H](CC=C3C[C@@H](O)[C@H](O)C[C@@]32C)C1=O. The Kier molecular flexibility index (Phi) is 3.73. The van der Waals surface area contributed by atoms with E-state index in [2.05, 4.69) is 13.0 Å². The van der Waals surface area contributed by atoms with Crippen LogP contribution in [0.4, 0.5) is 0 Å². The van der Waals surface area contributed by atoms with E-state index in [0.717, 1.165) is 30.6 Å². The van der Waals surface area contributed by atoms with Crippen LogP contribution >= 0.6 is 0 Å². The Bertz CT molecular complexity index is 688. The van der Waals surface area contributed by atoms with Gasteiger partial charge in [-0.15, -0.1) is 0 Å². The average molecular weight is 330 g/mol. The number of allylic oxidation sites excluding steroid dienone is 1. The number of aliphatic hydroxyl groups is 2. The first kappa shape index (κ1) is 16.1. The molecule has 24 heavy (non-hydrogen) atoms. The summed E-state index contributed by atoms with van der Waals surface area (Å²) in [6, 6.07) is 1.94. The quantitative estimate of drug-likeness (QED) is 0.776. The van der Waals surface area contributed by atoms with Crippen LogP contribution in [0, 0.1) is 24.2 Å². The van der Waals surface area contributed by atoms with Crippen molar-refractivity contribution in [2.24, 2.45) is 17.3 Å². The fourth-order valence-electron chi connectivity index (χ4n) is 5.53. The standard InChI is InChI=1S/C20H26O4/c1-11-13(7-8-24-11)14-5-6-16-15(19(14)23)4-3-12-9-17(21)18(22)10-20(12,16)2/h3,7-8,14-18,21-22H,4-6,9-10H2,1-2H3/t14-,15-,16+,17-,18-,20+/m1/s1. The van der Waals surface area contributed by atoms with Crippen molar-refractivity contribution in [1.82, 2.24) is 0 Å². The maximum atomic E-state index is 13.2. The Morgan fingerprint density at radius 2 is 2.04 bits per heavy atom. The van der Waals surface area contributed by atoms with Crippen molar-refractivity contribution in [3.8, 4) is 0 Å². The second-order valence-electron chi connectivity index (χ2n) is 8.10. The third-order valence-electron chi connectivity index (χ3n) is 6.91. The number of hydrogen-bond acceptors (Lipinski definition) is 4. The summed E-state index contributed by atoms with van der Waals surface area (Å²) in [4.78, 5) is 13.2. The monoisotopic (exact) mass is 330 g/mol. The van der Waals surface area contributed by atoms with Crippen LogP contribution in [0.15, 0.2) is 28.4 Å². The van der Waals surface area contributed by atoms with E-state index in [1.54, 1.807) is 6.26 Å². The van der Waals surface area contributed by atoms with Gasteiger partial charge in [-0.25, -0.2) is 0 Å². The zero-order valence-corrected chi connectivity index (χ0v) is 14.4. The zero-order valence-electron chi connectivity index (χ0n) is 14.4. The highest BCUT2D eigenvalue weighted by Crippen LogP contribution is 2.57. The van der Waals surface area contributed by atoms with Crippen molar-refractivity contribution in [3.63, 3.8) is 0 Å². The molecule has 4 rings (SSSR count). The third kappa shape index (κ3) is 2.23. The van der Waals surface area contributed by atoms with Gasteiger partial charge in [-0.3, -0.25) is 4.79 Å². The molecule has 4 nitrogen and oxygen atoms in total. The number of carbonyl (C=O) groups excluding carboxylic acids is 1. The van der Waals surface area contributed by atoms with E-state index in [-0.39, 0.29) is 23.2 Å². The maximum absolute atomic E-state index is 13.2. The largest absolute Gasteiger partial charge is 0.469 e. The first-order valence-electron chi connectivity index (χ1n) is 9.05. The van der Waals surface area contributed by atoms with E-state index >= 15 is 0 Å². The van der Waals surface area contributed by atoms with Gasteiger partial charge in [-0.1, -0.05) is 18.6 Å². The van der Waals surface area contributed by atoms with Crippen molar-refractivity contribution >= 4 is 5.78 Å². The van der Waals surface area contributed by atoms with Gasteiger partial charge in [0.05, 0.1) is 18.5 Å². The number of furan rings is 1. The lowest BCUT2D eigenvalue weighted by Crippen LogP contribution is -2.51. The molecule has 0 bridgehead atoms. The van der Waals surface area contributed by atoms with E-state index in [9.17, 15) is 15.0 Å². The van der Waals surface area contributed by atoms with Gasteiger partial charge in [0.25, 0.3) is 0 Å². The van der Waals surface area contributed by atoms with Gasteiger partial charge >= 0.3 is 0 Å². The van der Waals surface area contributed by atoms with E-state index < -0.39 is 12.2 Å². The highest BCUT2D eigenvalue weighted by Gasteiger charge is 2.53. The summed E-state index contributed by atoms with van der Waals surface area (Å²) < 4.78 is 5.41. The van der Waals surface area contributed by atoms with Crippen LogP contribution < -0.4 is 0 Å². The zero-order chi connectivity index (χ0) is 17.1. The summed E-state index contributed by atoms with van der Waals surface area (Å²) in [5.74, 6) is 1.42. The number of rotatable bonds is 1. The summed E-state index contributed by atoms with van der Waals surface area (Å²) in [7, 11) is 0. The van der Waals surface area contributed by atoms with Crippen LogP contribution in [0.1, 0.15) is 56.3 Å². The van der Waals surface area contributed by atoms with Gasteiger partial charge in [0.1, 0.15) is 11.5 Å². The van der Waals surface area contributed by atoms with Crippen LogP contribution in [-0.4, -0.2) is 28.2 Å². The van der Waals surface area contributed by atoms with Crippen molar-refractivity contribution in [3.05, 3.63) is 35.3 Å². The van der Waals surface area contributed by atoms with Gasteiger partial charge in [-0.05, 0) is 56.4 Å². The summed E-state index contributed by atoms with van der Waals surface area (Å²) in [5, 5.41) is 20.2. The van der Waals surface area contributed by atoms with Gasteiger partial charge in [0, 0.05) is 17.4 Å². The molecule has 2 saturated carbocycles. The molecule has 0 amide bonds. The molecule has 4 heteroatoms. The molecule has 130 valence electrons. The van der Waals surface area contributed by atoms with E-state index in [1.165, 1.54) is 5.57 Å². The molecule has 0 aliphatic heterocycles. The fourth-order valence-corrected chi connectivity index (χ4v) is 5.53. The number of aliphatic hydroxyl groups excluding tert-OH is 2. The molecule has 3 aliphatic carbocycles. The molecule has 1 aromatic heterocycles. The predicted octanol–water partition coefficient (Wildman–Crippen LogP) is 3.12. The highest BCUT2D eigenvalue weighted by molar-refractivity contribution is 5.89. The highest BCUT2D eigenvalue weighted by atomic mass is 16.3. The van der Waals surface area contributed by atoms with Crippen molar-refractivity contribution in [2.45, 2.75) is 64.1 Å².